The third-order valence-corrected chi connectivity index (χ3v) is 12.9. The molecule has 0 N–H and O–H groups in total. The minimum Gasteiger partial charge on any atom is -0.462 e. The summed E-state index contributed by atoms with van der Waals surface area (Å²) in [6, 6.07) is 0. The molecule has 1 atom stereocenters. The van der Waals surface area contributed by atoms with Crippen LogP contribution in [0.3, 0.4) is 0 Å². The molecule has 0 spiro atoms. The number of hydrogen-bond donors (Lipinski definition) is 0. The van der Waals surface area contributed by atoms with Gasteiger partial charge in [0.15, 0.2) is 6.10 Å². The van der Waals surface area contributed by atoms with Gasteiger partial charge in [0.25, 0.3) is 0 Å². The van der Waals surface area contributed by atoms with Crippen molar-refractivity contribution in [3.8, 4) is 0 Å². The predicted molar refractivity (Wildman–Crippen MR) is 307 cm³/mol. The zero-order chi connectivity index (χ0) is 51.4. The molecule has 0 aliphatic rings. The number of esters is 3. The van der Waals surface area contributed by atoms with E-state index in [-0.39, 0.29) is 31.1 Å². The van der Waals surface area contributed by atoms with Crippen LogP contribution in [0.4, 0.5) is 0 Å². The van der Waals surface area contributed by atoms with Crippen molar-refractivity contribution in [2.45, 2.75) is 297 Å². The fourth-order valence-corrected chi connectivity index (χ4v) is 8.34. The molecule has 71 heavy (non-hydrogen) atoms. The molecule has 0 saturated carbocycles. The summed E-state index contributed by atoms with van der Waals surface area (Å²) in [5.41, 5.74) is 0. The highest BCUT2D eigenvalue weighted by atomic mass is 16.6. The van der Waals surface area contributed by atoms with E-state index < -0.39 is 6.10 Å². The van der Waals surface area contributed by atoms with Gasteiger partial charge in [0.2, 0.25) is 0 Å². The van der Waals surface area contributed by atoms with Crippen molar-refractivity contribution in [3.63, 3.8) is 0 Å². The highest BCUT2D eigenvalue weighted by Crippen LogP contribution is 2.15. The molecule has 0 aromatic heterocycles. The molecular weight excluding hydrogens is 877 g/mol. The van der Waals surface area contributed by atoms with Crippen LogP contribution in [0.2, 0.25) is 0 Å². The van der Waals surface area contributed by atoms with E-state index in [0.717, 1.165) is 128 Å². The summed E-state index contributed by atoms with van der Waals surface area (Å²) in [6.45, 7) is 6.48. The Morgan fingerprint density at radius 2 is 0.549 bits per heavy atom. The lowest BCUT2D eigenvalue weighted by atomic mass is 10.0. The molecule has 0 radical (unpaired) electrons. The smallest absolute Gasteiger partial charge is 0.306 e. The number of carbonyl (C=O) groups is 3. The largest absolute Gasteiger partial charge is 0.462 e. The SMILES string of the molecule is CC/C=C\C/C=C\C/C=C\CCCCCCCC(=O)OC(COC(=O)CCCCCCC/C=C\C/C=C\CCCCC)COC(=O)CCCCCCCCCCCCC/C=C\C/C=C\CCCCCCC. The van der Waals surface area contributed by atoms with Gasteiger partial charge >= 0.3 is 17.9 Å². The van der Waals surface area contributed by atoms with Gasteiger partial charge in [0, 0.05) is 19.3 Å². The van der Waals surface area contributed by atoms with Crippen molar-refractivity contribution in [1.29, 1.82) is 0 Å². The minimum absolute atomic E-state index is 0.0889. The summed E-state index contributed by atoms with van der Waals surface area (Å²) in [5.74, 6) is -0.915. The summed E-state index contributed by atoms with van der Waals surface area (Å²) in [6.07, 6.45) is 77.2. The first-order valence-electron chi connectivity index (χ1n) is 30.1. The molecular formula is C65H112O6. The first kappa shape index (κ1) is 67.6. The average Bonchev–Trinajstić information content (AvgIpc) is 3.37. The molecule has 0 saturated heterocycles. The molecule has 0 aromatic carbocycles. The molecule has 0 heterocycles. The molecule has 0 aromatic rings. The van der Waals surface area contributed by atoms with Gasteiger partial charge in [-0.3, -0.25) is 14.4 Å². The van der Waals surface area contributed by atoms with Gasteiger partial charge in [-0.25, -0.2) is 0 Å². The van der Waals surface area contributed by atoms with Crippen molar-refractivity contribution in [2.75, 3.05) is 13.2 Å². The molecule has 0 aliphatic heterocycles. The Balaban J connectivity index is 4.36. The van der Waals surface area contributed by atoms with Crippen LogP contribution in [0, 0.1) is 0 Å². The van der Waals surface area contributed by atoms with Crippen molar-refractivity contribution in [1.82, 2.24) is 0 Å². The summed E-state index contributed by atoms with van der Waals surface area (Å²) in [5, 5.41) is 0. The molecule has 1 unspecified atom stereocenters. The Labute approximate surface area is 439 Å². The second-order valence-electron chi connectivity index (χ2n) is 19.9. The van der Waals surface area contributed by atoms with Gasteiger partial charge in [-0.15, -0.1) is 0 Å². The molecule has 0 amide bonds. The van der Waals surface area contributed by atoms with Crippen molar-refractivity contribution in [3.05, 3.63) is 85.1 Å². The Morgan fingerprint density at radius 3 is 0.887 bits per heavy atom. The number of carbonyl (C=O) groups excluding carboxylic acids is 3. The molecule has 408 valence electrons. The third kappa shape index (κ3) is 57.4. The second kappa shape index (κ2) is 59.2. The first-order valence-corrected chi connectivity index (χ1v) is 30.1. The maximum Gasteiger partial charge on any atom is 0.306 e. The van der Waals surface area contributed by atoms with Crippen LogP contribution in [0.25, 0.3) is 0 Å². The van der Waals surface area contributed by atoms with Gasteiger partial charge < -0.3 is 14.2 Å². The first-order chi connectivity index (χ1) is 35.0. The van der Waals surface area contributed by atoms with Crippen LogP contribution < -0.4 is 0 Å². The Morgan fingerprint density at radius 1 is 0.296 bits per heavy atom. The van der Waals surface area contributed by atoms with Crippen LogP contribution >= 0.6 is 0 Å². The number of allylic oxidation sites excluding steroid dienone is 14. The van der Waals surface area contributed by atoms with Gasteiger partial charge in [-0.1, -0.05) is 241 Å². The number of hydrogen-bond acceptors (Lipinski definition) is 6. The van der Waals surface area contributed by atoms with Crippen molar-refractivity contribution >= 4 is 17.9 Å². The van der Waals surface area contributed by atoms with Crippen LogP contribution in [0.15, 0.2) is 85.1 Å². The number of rotatable bonds is 54. The van der Waals surface area contributed by atoms with Crippen molar-refractivity contribution in [2.24, 2.45) is 0 Å². The minimum atomic E-state index is -0.793. The normalized spacial score (nSPS) is 12.7. The fourth-order valence-electron chi connectivity index (χ4n) is 8.34. The van der Waals surface area contributed by atoms with E-state index in [1.165, 1.54) is 122 Å². The monoisotopic (exact) mass is 989 g/mol. The van der Waals surface area contributed by atoms with E-state index in [9.17, 15) is 14.4 Å². The van der Waals surface area contributed by atoms with Crippen LogP contribution in [-0.2, 0) is 28.6 Å². The third-order valence-electron chi connectivity index (χ3n) is 12.9. The van der Waals surface area contributed by atoms with E-state index >= 15 is 0 Å². The Bertz CT molecular complexity index is 1370. The number of unbranched alkanes of at least 4 members (excludes halogenated alkanes) is 29. The van der Waals surface area contributed by atoms with Gasteiger partial charge in [-0.05, 0) is 116 Å². The van der Waals surface area contributed by atoms with Crippen LogP contribution in [0.1, 0.15) is 290 Å². The maximum atomic E-state index is 12.9. The molecule has 6 heteroatoms. The fraction of sp³-hybridized carbons (Fsp3) is 0.738. The average molecular weight is 990 g/mol. The molecule has 0 fully saturated rings. The lowest BCUT2D eigenvalue weighted by Crippen LogP contribution is -2.30. The van der Waals surface area contributed by atoms with Crippen LogP contribution in [0.5, 0.6) is 0 Å². The van der Waals surface area contributed by atoms with Crippen molar-refractivity contribution < 1.29 is 28.6 Å². The summed E-state index contributed by atoms with van der Waals surface area (Å²) < 4.78 is 16.9. The molecule has 0 rings (SSSR count). The molecule has 0 bridgehead atoms. The summed E-state index contributed by atoms with van der Waals surface area (Å²) in [4.78, 5) is 38.2. The highest BCUT2D eigenvalue weighted by molar-refractivity contribution is 5.71. The molecule has 6 nitrogen and oxygen atoms in total. The van der Waals surface area contributed by atoms with E-state index in [4.69, 9.17) is 14.2 Å². The molecule has 0 aliphatic carbocycles. The van der Waals surface area contributed by atoms with Crippen LogP contribution in [-0.4, -0.2) is 37.2 Å². The standard InChI is InChI=1S/C65H112O6/c1-4-7-10-13-16-19-22-25-28-29-30-31-32-33-34-35-38-40-43-46-49-52-55-58-64(67)70-61-62(71-65(68)59-56-53-50-47-44-41-37-27-24-21-18-15-12-9-6-3)60-69-63(66)57-54-51-48-45-42-39-36-26-23-20-17-14-11-8-5-2/h9,12,17-18,20-22,25-27,29-30,36-37,62H,4-8,10-11,13-16,19,23-24,28,31-35,38-61H2,1-3H3/b12-9-,20-17-,21-18-,25-22-,30-29-,36-26-,37-27-. The highest BCUT2D eigenvalue weighted by Gasteiger charge is 2.19. The van der Waals surface area contributed by atoms with E-state index in [0.29, 0.717) is 19.3 Å². The lowest BCUT2D eigenvalue weighted by molar-refractivity contribution is -0.167. The summed E-state index contributed by atoms with van der Waals surface area (Å²) in [7, 11) is 0. The van der Waals surface area contributed by atoms with Gasteiger partial charge in [-0.2, -0.15) is 0 Å². The topological polar surface area (TPSA) is 78.9 Å². The zero-order valence-electron chi connectivity index (χ0n) is 46.7. The Hall–Kier alpha value is -3.41. The van der Waals surface area contributed by atoms with Gasteiger partial charge in [0.05, 0.1) is 0 Å². The zero-order valence-corrected chi connectivity index (χ0v) is 46.7. The van der Waals surface area contributed by atoms with E-state index in [2.05, 4.69) is 106 Å². The van der Waals surface area contributed by atoms with Gasteiger partial charge in [0.1, 0.15) is 13.2 Å². The van der Waals surface area contributed by atoms with E-state index in [1.54, 1.807) is 0 Å². The predicted octanol–water partition coefficient (Wildman–Crippen LogP) is 20.3. The maximum absolute atomic E-state index is 12.9. The lowest BCUT2D eigenvalue weighted by Gasteiger charge is -2.18. The van der Waals surface area contributed by atoms with E-state index in [1.807, 2.05) is 0 Å². The Kier molecular flexibility index (Phi) is 56.3. The summed E-state index contributed by atoms with van der Waals surface area (Å²) >= 11 is 0. The second-order valence-corrected chi connectivity index (χ2v) is 19.9. The number of ether oxygens (including phenoxy) is 3. The quantitative estimate of drug-likeness (QED) is 0.0261.